The monoisotopic (exact) mass is 278 g/mol. The van der Waals surface area contributed by atoms with Crippen molar-refractivity contribution >= 4 is 29.3 Å². The van der Waals surface area contributed by atoms with Crippen LogP contribution in [-0.2, 0) is 4.79 Å². The topological polar surface area (TPSA) is 72.2 Å². The van der Waals surface area contributed by atoms with Crippen molar-refractivity contribution in [1.29, 1.82) is 0 Å². The van der Waals surface area contributed by atoms with E-state index in [2.05, 4.69) is 5.32 Å². The van der Waals surface area contributed by atoms with E-state index in [1.165, 1.54) is 24.3 Å². The standard InChI is InChI=1S/C10H9F3N2O2S/c11-10(12,13)18-5-8(16)15-7-3-1-2-6(4-7)9(14)17/h1-4H,5H2,(H2,14,17)(H,15,16). The highest BCUT2D eigenvalue weighted by Crippen LogP contribution is 2.29. The minimum absolute atomic E-state index is 0.163. The van der Waals surface area contributed by atoms with Crippen molar-refractivity contribution in [1.82, 2.24) is 0 Å². The molecule has 1 rings (SSSR count). The van der Waals surface area contributed by atoms with Crippen LogP contribution in [0.4, 0.5) is 18.9 Å². The molecule has 0 saturated heterocycles. The average molecular weight is 278 g/mol. The minimum atomic E-state index is -4.45. The number of primary amides is 1. The van der Waals surface area contributed by atoms with Gasteiger partial charge in [0.1, 0.15) is 0 Å². The molecular weight excluding hydrogens is 269 g/mol. The maximum atomic E-state index is 11.8. The van der Waals surface area contributed by atoms with Gasteiger partial charge in [-0.3, -0.25) is 9.59 Å². The van der Waals surface area contributed by atoms with Gasteiger partial charge < -0.3 is 11.1 Å². The van der Waals surface area contributed by atoms with E-state index < -0.39 is 34.8 Å². The minimum Gasteiger partial charge on any atom is -0.366 e. The molecule has 0 aliphatic rings. The quantitative estimate of drug-likeness (QED) is 0.884. The van der Waals surface area contributed by atoms with Crippen molar-refractivity contribution in [2.45, 2.75) is 5.51 Å². The average Bonchev–Trinajstić information content (AvgIpc) is 2.26. The van der Waals surface area contributed by atoms with Crippen LogP contribution in [0.3, 0.4) is 0 Å². The molecule has 0 unspecified atom stereocenters. The second kappa shape index (κ2) is 5.76. The van der Waals surface area contributed by atoms with E-state index in [9.17, 15) is 22.8 Å². The molecule has 1 aromatic rings. The Labute approximate surface area is 105 Å². The van der Waals surface area contributed by atoms with Crippen molar-refractivity contribution in [3.63, 3.8) is 0 Å². The van der Waals surface area contributed by atoms with Crippen LogP contribution in [0.15, 0.2) is 24.3 Å². The number of hydrogen-bond acceptors (Lipinski definition) is 3. The van der Waals surface area contributed by atoms with E-state index in [0.717, 1.165) is 0 Å². The molecule has 0 spiro atoms. The van der Waals surface area contributed by atoms with Crippen LogP contribution in [0.2, 0.25) is 0 Å². The van der Waals surface area contributed by atoms with Crippen LogP contribution in [0.25, 0.3) is 0 Å². The Morgan fingerprint density at radius 2 is 2.00 bits per heavy atom. The van der Waals surface area contributed by atoms with Gasteiger partial charge in [-0.15, -0.1) is 0 Å². The lowest BCUT2D eigenvalue weighted by Gasteiger charge is -2.07. The summed E-state index contributed by atoms with van der Waals surface area (Å²) in [6.07, 6.45) is 0. The Balaban J connectivity index is 2.59. The van der Waals surface area contributed by atoms with Gasteiger partial charge in [-0.05, 0) is 30.0 Å². The SMILES string of the molecule is NC(=O)c1cccc(NC(=O)CSC(F)(F)F)c1. The number of benzene rings is 1. The van der Waals surface area contributed by atoms with E-state index in [0.29, 0.717) is 0 Å². The fourth-order valence-corrected chi connectivity index (χ4v) is 1.46. The maximum Gasteiger partial charge on any atom is 0.442 e. The van der Waals surface area contributed by atoms with Crippen LogP contribution in [0.5, 0.6) is 0 Å². The highest BCUT2D eigenvalue weighted by atomic mass is 32.2. The van der Waals surface area contributed by atoms with Gasteiger partial charge in [0, 0.05) is 11.3 Å². The number of anilines is 1. The highest BCUT2D eigenvalue weighted by Gasteiger charge is 2.29. The van der Waals surface area contributed by atoms with Crippen LogP contribution < -0.4 is 11.1 Å². The zero-order valence-electron chi connectivity index (χ0n) is 8.95. The number of amides is 2. The van der Waals surface area contributed by atoms with Crippen LogP contribution >= 0.6 is 11.8 Å². The smallest absolute Gasteiger partial charge is 0.366 e. The van der Waals surface area contributed by atoms with E-state index in [4.69, 9.17) is 5.73 Å². The van der Waals surface area contributed by atoms with Gasteiger partial charge in [0.25, 0.3) is 0 Å². The van der Waals surface area contributed by atoms with Gasteiger partial charge >= 0.3 is 5.51 Å². The molecule has 0 aromatic heterocycles. The summed E-state index contributed by atoms with van der Waals surface area (Å²) >= 11 is -0.432. The predicted octanol–water partition coefficient (Wildman–Crippen LogP) is 1.98. The number of alkyl halides is 3. The van der Waals surface area contributed by atoms with Crippen molar-refractivity contribution in [2.24, 2.45) is 5.73 Å². The molecule has 98 valence electrons. The Kier molecular flexibility index (Phi) is 4.60. The lowest BCUT2D eigenvalue weighted by Crippen LogP contribution is -2.18. The molecule has 8 heteroatoms. The molecule has 0 radical (unpaired) electrons. The van der Waals surface area contributed by atoms with Crippen LogP contribution in [-0.4, -0.2) is 23.1 Å². The summed E-state index contributed by atoms with van der Waals surface area (Å²) in [6, 6.07) is 5.64. The molecule has 0 bridgehead atoms. The van der Waals surface area contributed by atoms with E-state index in [1.807, 2.05) is 0 Å². The molecule has 0 saturated carbocycles. The molecule has 0 fully saturated rings. The lowest BCUT2D eigenvalue weighted by molar-refractivity contribution is -0.114. The summed E-state index contributed by atoms with van der Waals surface area (Å²) in [5, 5.41) is 2.24. The Hall–Kier alpha value is -1.70. The fourth-order valence-electron chi connectivity index (χ4n) is 1.09. The second-order valence-electron chi connectivity index (χ2n) is 3.23. The third kappa shape index (κ3) is 5.09. The number of nitrogens with two attached hydrogens (primary N) is 1. The molecule has 0 aliphatic carbocycles. The van der Waals surface area contributed by atoms with Gasteiger partial charge in [-0.25, -0.2) is 0 Å². The van der Waals surface area contributed by atoms with Crippen molar-refractivity contribution < 1.29 is 22.8 Å². The second-order valence-corrected chi connectivity index (χ2v) is 4.27. The number of carbonyl (C=O) groups excluding carboxylic acids is 2. The lowest BCUT2D eigenvalue weighted by atomic mass is 10.2. The normalized spacial score (nSPS) is 11.1. The molecule has 0 atom stereocenters. The number of nitrogens with one attached hydrogen (secondary N) is 1. The number of rotatable bonds is 4. The molecule has 0 heterocycles. The van der Waals surface area contributed by atoms with Crippen molar-refractivity contribution in [3.8, 4) is 0 Å². The number of thioether (sulfide) groups is 1. The summed E-state index contributed by atoms with van der Waals surface area (Å²) < 4.78 is 35.5. The zero-order chi connectivity index (χ0) is 13.8. The first-order valence-electron chi connectivity index (χ1n) is 4.68. The Morgan fingerprint density at radius 3 is 2.56 bits per heavy atom. The Morgan fingerprint density at radius 1 is 1.33 bits per heavy atom. The summed E-state index contributed by atoms with van der Waals surface area (Å²) in [7, 11) is 0. The highest BCUT2D eigenvalue weighted by molar-refractivity contribution is 8.00. The van der Waals surface area contributed by atoms with Crippen LogP contribution in [0, 0.1) is 0 Å². The van der Waals surface area contributed by atoms with Gasteiger partial charge in [0.05, 0.1) is 5.75 Å². The molecule has 18 heavy (non-hydrogen) atoms. The third-order valence-electron chi connectivity index (χ3n) is 1.80. The van der Waals surface area contributed by atoms with Crippen molar-refractivity contribution in [3.05, 3.63) is 29.8 Å². The van der Waals surface area contributed by atoms with Gasteiger partial charge in [0.15, 0.2) is 0 Å². The fraction of sp³-hybridized carbons (Fsp3) is 0.200. The van der Waals surface area contributed by atoms with E-state index >= 15 is 0 Å². The molecule has 1 aromatic carbocycles. The Bertz CT molecular complexity index is 463. The molecule has 3 N–H and O–H groups in total. The summed E-state index contributed by atoms with van der Waals surface area (Å²) in [5.41, 5.74) is 0.957. The number of hydrogen-bond donors (Lipinski definition) is 2. The predicted molar refractivity (Wildman–Crippen MR) is 62.1 cm³/mol. The first-order chi connectivity index (χ1) is 8.28. The molecule has 0 aliphatic heterocycles. The number of carbonyl (C=O) groups is 2. The maximum absolute atomic E-state index is 11.8. The molecule has 4 nitrogen and oxygen atoms in total. The number of halogens is 3. The largest absolute Gasteiger partial charge is 0.442 e. The van der Waals surface area contributed by atoms with Crippen LogP contribution in [0.1, 0.15) is 10.4 Å². The molecular formula is C10H9F3N2O2S. The first kappa shape index (κ1) is 14.4. The summed E-state index contributed by atoms with van der Waals surface area (Å²) in [5.74, 6) is -2.24. The van der Waals surface area contributed by atoms with Crippen molar-refractivity contribution in [2.75, 3.05) is 11.1 Å². The van der Waals surface area contributed by atoms with Gasteiger partial charge in [0.2, 0.25) is 11.8 Å². The van der Waals surface area contributed by atoms with Gasteiger partial charge in [-0.2, -0.15) is 13.2 Å². The molecule has 2 amide bonds. The van der Waals surface area contributed by atoms with Gasteiger partial charge in [-0.1, -0.05) is 6.07 Å². The summed E-state index contributed by atoms with van der Waals surface area (Å²) in [6.45, 7) is 0. The first-order valence-corrected chi connectivity index (χ1v) is 5.67. The third-order valence-corrected chi connectivity index (χ3v) is 2.53. The zero-order valence-corrected chi connectivity index (χ0v) is 9.77. The van der Waals surface area contributed by atoms with E-state index in [-0.39, 0.29) is 11.3 Å². The summed E-state index contributed by atoms with van der Waals surface area (Å²) in [4.78, 5) is 22.0. The van der Waals surface area contributed by atoms with E-state index in [1.54, 1.807) is 0 Å².